The molecule has 0 atom stereocenters. The first kappa shape index (κ1) is 11.5. The van der Waals surface area contributed by atoms with E-state index in [2.05, 4.69) is 22.4 Å². The molecule has 0 radical (unpaired) electrons. The Labute approximate surface area is 107 Å². The molecule has 1 aromatic carbocycles. The quantitative estimate of drug-likeness (QED) is 0.818. The van der Waals surface area contributed by atoms with Crippen LogP contribution in [0.15, 0.2) is 30.3 Å². The molecule has 2 aromatic rings. The van der Waals surface area contributed by atoms with Gasteiger partial charge < -0.3 is 10.1 Å². The maximum Gasteiger partial charge on any atom is 0.145 e. The molecule has 0 amide bonds. The van der Waals surface area contributed by atoms with Crippen LogP contribution in [0.25, 0.3) is 10.9 Å². The fourth-order valence-corrected chi connectivity index (χ4v) is 2.05. The van der Waals surface area contributed by atoms with E-state index in [1.54, 1.807) is 0 Å². The normalized spacial score (nSPS) is 14.9. The fraction of sp³-hybridized carbons (Fsp3) is 0.400. The van der Waals surface area contributed by atoms with E-state index in [4.69, 9.17) is 4.74 Å². The number of para-hydroxylation sites is 1. The Kier molecular flexibility index (Phi) is 3.15. The van der Waals surface area contributed by atoms with E-state index in [9.17, 15) is 0 Å². The standard InChI is InChI=1S/C15H18N2O/c1-11-5-6-12-3-2-4-14(15(12)17-11)18-10-9-16-13-7-8-13/h2-6,13,16H,7-10H2,1H3. The molecule has 1 saturated carbocycles. The lowest BCUT2D eigenvalue weighted by Crippen LogP contribution is -2.22. The molecule has 1 aliphatic rings. The zero-order chi connectivity index (χ0) is 12.4. The molecular formula is C15H18N2O. The second-order valence-electron chi connectivity index (χ2n) is 4.86. The second-order valence-corrected chi connectivity index (χ2v) is 4.86. The molecule has 1 N–H and O–H groups in total. The van der Waals surface area contributed by atoms with E-state index in [0.29, 0.717) is 6.61 Å². The number of nitrogens with one attached hydrogen (secondary N) is 1. The summed E-state index contributed by atoms with van der Waals surface area (Å²) in [6.07, 6.45) is 2.63. The maximum absolute atomic E-state index is 5.83. The lowest BCUT2D eigenvalue weighted by Gasteiger charge is -2.09. The van der Waals surface area contributed by atoms with Crippen molar-refractivity contribution in [1.29, 1.82) is 0 Å². The van der Waals surface area contributed by atoms with E-state index < -0.39 is 0 Å². The third-order valence-electron chi connectivity index (χ3n) is 3.19. The Bertz CT molecular complexity index is 549. The number of pyridine rings is 1. The Morgan fingerprint density at radius 3 is 3.00 bits per heavy atom. The SMILES string of the molecule is Cc1ccc2cccc(OCCNC3CC3)c2n1. The fourth-order valence-electron chi connectivity index (χ4n) is 2.05. The van der Waals surface area contributed by atoms with Crippen LogP contribution in [0, 0.1) is 6.92 Å². The Balaban J connectivity index is 1.71. The van der Waals surface area contributed by atoms with Crippen LogP contribution >= 0.6 is 0 Å². The molecule has 0 saturated heterocycles. The number of hydrogen-bond donors (Lipinski definition) is 1. The lowest BCUT2D eigenvalue weighted by atomic mass is 10.2. The molecule has 3 heteroatoms. The molecule has 0 aliphatic heterocycles. The summed E-state index contributed by atoms with van der Waals surface area (Å²) in [6, 6.07) is 10.9. The summed E-state index contributed by atoms with van der Waals surface area (Å²) in [6.45, 7) is 3.61. The highest BCUT2D eigenvalue weighted by Gasteiger charge is 2.19. The van der Waals surface area contributed by atoms with Gasteiger partial charge in [-0.25, -0.2) is 4.98 Å². The van der Waals surface area contributed by atoms with Gasteiger partial charge >= 0.3 is 0 Å². The van der Waals surface area contributed by atoms with Gasteiger partial charge in [0.05, 0.1) is 0 Å². The van der Waals surface area contributed by atoms with Crippen LogP contribution in [0.1, 0.15) is 18.5 Å². The Hall–Kier alpha value is -1.61. The van der Waals surface area contributed by atoms with Crippen LogP contribution in [0.4, 0.5) is 0 Å². The van der Waals surface area contributed by atoms with Crippen LogP contribution in [0.3, 0.4) is 0 Å². The smallest absolute Gasteiger partial charge is 0.145 e. The minimum Gasteiger partial charge on any atom is -0.490 e. The van der Waals surface area contributed by atoms with Crippen molar-refractivity contribution < 1.29 is 4.74 Å². The summed E-state index contributed by atoms with van der Waals surface area (Å²) in [5.41, 5.74) is 1.98. The Morgan fingerprint density at radius 1 is 1.28 bits per heavy atom. The summed E-state index contributed by atoms with van der Waals surface area (Å²) in [5, 5.41) is 4.57. The van der Waals surface area contributed by atoms with E-state index in [0.717, 1.165) is 34.9 Å². The third-order valence-corrected chi connectivity index (χ3v) is 3.19. The predicted octanol–water partition coefficient (Wildman–Crippen LogP) is 2.67. The highest BCUT2D eigenvalue weighted by molar-refractivity contribution is 5.84. The third kappa shape index (κ3) is 2.62. The van der Waals surface area contributed by atoms with Crippen molar-refractivity contribution in [2.24, 2.45) is 0 Å². The van der Waals surface area contributed by atoms with Crippen LogP contribution < -0.4 is 10.1 Å². The van der Waals surface area contributed by atoms with E-state index in [-0.39, 0.29) is 0 Å². The molecule has 1 fully saturated rings. The molecule has 1 aromatic heterocycles. The van der Waals surface area contributed by atoms with Gasteiger partial charge in [0, 0.05) is 23.7 Å². The number of fused-ring (bicyclic) bond motifs is 1. The number of ether oxygens (including phenoxy) is 1. The number of aromatic nitrogens is 1. The minimum atomic E-state index is 0.700. The number of hydrogen-bond acceptors (Lipinski definition) is 3. The molecule has 1 heterocycles. The van der Waals surface area contributed by atoms with Gasteiger partial charge in [-0.1, -0.05) is 18.2 Å². The summed E-state index contributed by atoms with van der Waals surface area (Å²) >= 11 is 0. The molecule has 0 bridgehead atoms. The highest BCUT2D eigenvalue weighted by Crippen LogP contribution is 2.24. The first-order valence-electron chi connectivity index (χ1n) is 6.55. The van der Waals surface area contributed by atoms with Crippen LogP contribution in [-0.2, 0) is 0 Å². The lowest BCUT2D eigenvalue weighted by molar-refractivity contribution is 0.316. The van der Waals surface area contributed by atoms with Crippen molar-refractivity contribution >= 4 is 10.9 Å². The number of benzene rings is 1. The number of nitrogens with zero attached hydrogens (tertiary/aromatic N) is 1. The van der Waals surface area contributed by atoms with Crippen molar-refractivity contribution in [1.82, 2.24) is 10.3 Å². The van der Waals surface area contributed by atoms with Gasteiger partial charge in [0.1, 0.15) is 17.9 Å². The first-order chi connectivity index (χ1) is 8.83. The number of aryl methyl sites for hydroxylation is 1. The van der Waals surface area contributed by atoms with E-state index in [1.807, 2.05) is 25.1 Å². The van der Waals surface area contributed by atoms with E-state index in [1.165, 1.54) is 12.8 Å². The van der Waals surface area contributed by atoms with Gasteiger partial charge in [-0.05, 0) is 31.9 Å². The molecule has 1 aliphatic carbocycles. The van der Waals surface area contributed by atoms with Crippen molar-refractivity contribution in [2.75, 3.05) is 13.2 Å². The highest BCUT2D eigenvalue weighted by atomic mass is 16.5. The van der Waals surface area contributed by atoms with Crippen molar-refractivity contribution in [3.63, 3.8) is 0 Å². The summed E-state index contributed by atoms with van der Waals surface area (Å²) in [5.74, 6) is 0.883. The zero-order valence-corrected chi connectivity index (χ0v) is 10.6. The average Bonchev–Trinajstić information content (AvgIpc) is 3.19. The van der Waals surface area contributed by atoms with Crippen molar-refractivity contribution in [2.45, 2.75) is 25.8 Å². The summed E-state index contributed by atoms with van der Waals surface area (Å²) < 4.78 is 5.83. The van der Waals surface area contributed by atoms with Crippen LogP contribution in [0.2, 0.25) is 0 Å². The Morgan fingerprint density at radius 2 is 2.17 bits per heavy atom. The van der Waals surface area contributed by atoms with Gasteiger partial charge in [-0.3, -0.25) is 0 Å². The molecule has 0 unspecified atom stereocenters. The monoisotopic (exact) mass is 242 g/mol. The van der Waals surface area contributed by atoms with Gasteiger partial charge in [0.25, 0.3) is 0 Å². The van der Waals surface area contributed by atoms with Crippen molar-refractivity contribution in [3.05, 3.63) is 36.0 Å². The van der Waals surface area contributed by atoms with Crippen LogP contribution in [0.5, 0.6) is 5.75 Å². The maximum atomic E-state index is 5.83. The average molecular weight is 242 g/mol. The van der Waals surface area contributed by atoms with Gasteiger partial charge in [-0.2, -0.15) is 0 Å². The minimum absolute atomic E-state index is 0.700. The largest absolute Gasteiger partial charge is 0.490 e. The van der Waals surface area contributed by atoms with Gasteiger partial charge in [0.15, 0.2) is 0 Å². The van der Waals surface area contributed by atoms with E-state index >= 15 is 0 Å². The molecule has 18 heavy (non-hydrogen) atoms. The summed E-state index contributed by atoms with van der Waals surface area (Å²) in [7, 11) is 0. The second kappa shape index (κ2) is 4.94. The number of rotatable bonds is 5. The molecular weight excluding hydrogens is 224 g/mol. The molecule has 0 spiro atoms. The predicted molar refractivity (Wildman–Crippen MR) is 73.0 cm³/mol. The molecule has 3 rings (SSSR count). The van der Waals surface area contributed by atoms with Gasteiger partial charge in [0.2, 0.25) is 0 Å². The molecule has 3 nitrogen and oxygen atoms in total. The first-order valence-corrected chi connectivity index (χ1v) is 6.55. The van der Waals surface area contributed by atoms with Crippen molar-refractivity contribution in [3.8, 4) is 5.75 Å². The van der Waals surface area contributed by atoms with Crippen LogP contribution in [-0.4, -0.2) is 24.2 Å². The van der Waals surface area contributed by atoms with Gasteiger partial charge in [-0.15, -0.1) is 0 Å². The topological polar surface area (TPSA) is 34.1 Å². The summed E-state index contributed by atoms with van der Waals surface area (Å²) in [4.78, 5) is 4.56. The molecule has 94 valence electrons. The zero-order valence-electron chi connectivity index (χ0n) is 10.6.